The molecule has 0 radical (unpaired) electrons. The first-order valence-electron chi connectivity index (χ1n) is 10.9. The third-order valence-corrected chi connectivity index (χ3v) is 6.23. The van der Waals surface area contributed by atoms with Gasteiger partial charge in [0, 0.05) is 12.6 Å². The number of ether oxygens (including phenoxy) is 3. The highest BCUT2D eigenvalue weighted by molar-refractivity contribution is 6.31. The number of anilines is 1. The second-order valence-electron chi connectivity index (χ2n) is 8.24. The topological polar surface area (TPSA) is 89.6 Å². The molecule has 1 atom stereocenters. The van der Waals surface area contributed by atoms with E-state index in [2.05, 4.69) is 9.88 Å². The van der Waals surface area contributed by atoms with Crippen molar-refractivity contribution < 1.29 is 27.4 Å². The van der Waals surface area contributed by atoms with E-state index in [0.717, 1.165) is 18.0 Å². The fourth-order valence-electron chi connectivity index (χ4n) is 4.19. The smallest absolute Gasteiger partial charge is 0.417 e. The normalized spacial score (nSPS) is 16.8. The van der Waals surface area contributed by atoms with Crippen molar-refractivity contribution >= 4 is 17.4 Å². The summed E-state index contributed by atoms with van der Waals surface area (Å²) in [6, 6.07) is 11.5. The first-order valence-corrected chi connectivity index (χ1v) is 11.3. The van der Waals surface area contributed by atoms with Crippen LogP contribution in [0, 0.1) is 11.3 Å². The minimum atomic E-state index is -4.65. The maximum atomic E-state index is 13.1. The van der Waals surface area contributed by atoms with Gasteiger partial charge in [-0.1, -0.05) is 17.7 Å². The first-order chi connectivity index (χ1) is 17.2. The summed E-state index contributed by atoms with van der Waals surface area (Å²) in [6.07, 6.45) is -4.65. The van der Waals surface area contributed by atoms with E-state index >= 15 is 0 Å². The van der Waals surface area contributed by atoms with E-state index in [1.165, 1.54) is 18.2 Å². The molecule has 1 saturated heterocycles. The largest absolute Gasteiger partial charge is 0.473 e. The van der Waals surface area contributed by atoms with Gasteiger partial charge in [0.2, 0.25) is 5.88 Å². The van der Waals surface area contributed by atoms with Gasteiger partial charge in [0.25, 0.3) is 0 Å². The van der Waals surface area contributed by atoms with E-state index in [-0.39, 0.29) is 35.6 Å². The summed E-state index contributed by atoms with van der Waals surface area (Å²) < 4.78 is 57.7. The van der Waals surface area contributed by atoms with E-state index in [1.807, 2.05) is 6.07 Å². The summed E-state index contributed by atoms with van der Waals surface area (Å²) in [7, 11) is 0. The van der Waals surface area contributed by atoms with Crippen LogP contribution < -0.4 is 20.1 Å². The summed E-state index contributed by atoms with van der Waals surface area (Å²) in [5, 5.41) is 9.09. The lowest BCUT2D eigenvalue weighted by Gasteiger charge is -2.30. The predicted molar refractivity (Wildman–Crippen MR) is 122 cm³/mol. The number of hydrogen-bond acceptors (Lipinski definition) is 7. The van der Waals surface area contributed by atoms with Gasteiger partial charge in [0.1, 0.15) is 30.0 Å². The van der Waals surface area contributed by atoms with Gasteiger partial charge in [0.05, 0.1) is 41.9 Å². The highest BCUT2D eigenvalue weighted by Gasteiger charge is 2.34. The Morgan fingerprint density at radius 1 is 1.22 bits per heavy atom. The Morgan fingerprint density at radius 3 is 2.83 bits per heavy atom. The Labute approximate surface area is 208 Å². The fraction of sp³-hybridized carbons (Fsp3) is 0.292. The highest BCUT2D eigenvalue weighted by Crippen LogP contribution is 2.38. The Bertz CT molecular complexity index is 1420. The quantitative estimate of drug-likeness (QED) is 0.495. The van der Waals surface area contributed by atoms with Crippen molar-refractivity contribution in [2.24, 2.45) is 0 Å². The Kier molecular flexibility index (Phi) is 6.24. The molecule has 36 heavy (non-hydrogen) atoms. The van der Waals surface area contributed by atoms with Gasteiger partial charge in [-0.15, -0.1) is 0 Å². The second kappa shape index (κ2) is 9.37. The van der Waals surface area contributed by atoms with Crippen LogP contribution in [0.1, 0.15) is 16.7 Å². The second-order valence-corrected chi connectivity index (χ2v) is 8.65. The van der Waals surface area contributed by atoms with Crippen molar-refractivity contribution in [3.05, 3.63) is 74.7 Å². The van der Waals surface area contributed by atoms with Gasteiger partial charge < -0.3 is 19.1 Å². The summed E-state index contributed by atoms with van der Waals surface area (Å²) in [6.45, 7) is 2.29. The van der Waals surface area contributed by atoms with E-state index in [0.29, 0.717) is 31.9 Å². The minimum absolute atomic E-state index is 0.0105. The molecule has 0 saturated carbocycles. The van der Waals surface area contributed by atoms with Gasteiger partial charge in [0.15, 0.2) is 0 Å². The van der Waals surface area contributed by atoms with Crippen LogP contribution in [0.5, 0.6) is 17.4 Å². The average molecular weight is 519 g/mol. The molecular weight excluding hydrogens is 501 g/mol. The van der Waals surface area contributed by atoms with Crippen molar-refractivity contribution in [2.75, 3.05) is 24.7 Å². The molecule has 1 fully saturated rings. The van der Waals surface area contributed by atoms with Gasteiger partial charge >= 0.3 is 11.9 Å². The monoisotopic (exact) mass is 518 g/mol. The molecule has 1 aromatic heterocycles. The van der Waals surface area contributed by atoms with Crippen molar-refractivity contribution in [2.45, 2.75) is 25.4 Å². The molecule has 8 nitrogen and oxygen atoms in total. The molecule has 2 aliphatic heterocycles. The molecule has 12 heteroatoms. The molecule has 5 rings (SSSR count). The fourth-order valence-corrected chi connectivity index (χ4v) is 4.41. The highest BCUT2D eigenvalue weighted by atomic mass is 35.5. The number of nitriles is 1. The third-order valence-electron chi connectivity index (χ3n) is 5.90. The van der Waals surface area contributed by atoms with E-state index in [4.69, 9.17) is 25.8 Å². The van der Waals surface area contributed by atoms with Crippen molar-refractivity contribution in [1.82, 2.24) is 9.55 Å². The van der Waals surface area contributed by atoms with Gasteiger partial charge in [-0.05, 0) is 35.9 Å². The third kappa shape index (κ3) is 4.69. The summed E-state index contributed by atoms with van der Waals surface area (Å²) >= 11 is 5.65. The number of aromatic nitrogens is 2. The zero-order chi connectivity index (χ0) is 25.4. The average Bonchev–Trinajstić information content (AvgIpc) is 3.23. The Balaban J connectivity index is 1.32. The number of benzene rings is 2. The lowest BCUT2D eigenvalue weighted by atomic mass is 10.1. The van der Waals surface area contributed by atoms with Gasteiger partial charge in [-0.2, -0.15) is 23.4 Å². The molecule has 0 amide bonds. The number of rotatable bonds is 5. The van der Waals surface area contributed by atoms with Crippen molar-refractivity contribution in [3.63, 3.8) is 0 Å². The molecule has 0 aliphatic carbocycles. The van der Waals surface area contributed by atoms with Crippen molar-refractivity contribution in [3.8, 4) is 23.4 Å². The van der Waals surface area contributed by atoms with Crippen LogP contribution in [-0.2, 0) is 24.1 Å². The Morgan fingerprint density at radius 2 is 2.06 bits per heavy atom. The number of halogens is 4. The lowest BCUT2D eigenvalue weighted by molar-refractivity contribution is -0.137. The summed E-state index contributed by atoms with van der Waals surface area (Å²) in [5.41, 5.74) is -0.777. The molecule has 2 aliphatic rings. The van der Waals surface area contributed by atoms with Crippen LogP contribution in [0.25, 0.3) is 0 Å². The van der Waals surface area contributed by atoms with Crippen LogP contribution in [-0.4, -0.2) is 35.4 Å². The van der Waals surface area contributed by atoms with E-state index in [1.54, 1.807) is 16.7 Å². The van der Waals surface area contributed by atoms with Crippen LogP contribution in [0.3, 0.4) is 0 Å². The number of hydrogen-bond donors (Lipinski definition) is 0. The van der Waals surface area contributed by atoms with E-state index < -0.39 is 22.5 Å². The number of fused-ring (bicyclic) bond motifs is 3. The van der Waals surface area contributed by atoms with Crippen LogP contribution >= 0.6 is 11.6 Å². The number of alkyl halides is 3. The van der Waals surface area contributed by atoms with Crippen LogP contribution in [0.4, 0.5) is 19.0 Å². The molecule has 0 bridgehead atoms. The molecule has 3 aromatic rings. The van der Waals surface area contributed by atoms with Crippen LogP contribution in [0.2, 0.25) is 5.02 Å². The molecule has 186 valence electrons. The molecule has 1 unspecified atom stereocenters. The summed E-state index contributed by atoms with van der Waals surface area (Å²) in [4.78, 5) is 18.6. The molecule has 0 N–H and O–H groups in total. The molecule has 3 heterocycles. The van der Waals surface area contributed by atoms with Crippen LogP contribution in [0.15, 0.2) is 47.3 Å². The first kappa shape index (κ1) is 24.0. The maximum absolute atomic E-state index is 13.1. The van der Waals surface area contributed by atoms with Gasteiger partial charge in [-0.25, -0.2) is 4.79 Å². The Hall–Kier alpha value is -3.75. The summed E-state index contributed by atoms with van der Waals surface area (Å²) in [5.74, 6) is 0.833. The van der Waals surface area contributed by atoms with Crippen molar-refractivity contribution in [1.29, 1.82) is 5.26 Å². The standard InChI is InChI=1S/C24H18ClF3N4O4/c25-19-3-2-17(8-18(19)24(26,27)28)36-20-4-1-14(7-15(20)10-29)12-35-21-9-22-31-5-6-34-13-16(31)11-32(22)23(33)30-21/h1-4,7-9,16H,5-6,11-13H2. The SMILES string of the molecule is N#Cc1cc(COc2cc3n(c(=O)n2)CC2COCCN32)ccc1Oc1ccc(Cl)c(C(F)(F)F)c1. The predicted octanol–water partition coefficient (Wildman–Crippen LogP) is 4.38. The number of morpholine rings is 1. The molecule has 0 spiro atoms. The lowest BCUT2D eigenvalue weighted by Crippen LogP contribution is -2.43. The maximum Gasteiger partial charge on any atom is 0.417 e. The zero-order valence-electron chi connectivity index (χ0n) is 18.6. The zero-order valence-corrected chi connectivity index (χ0v) is 19.3. The van der Waals surface area contributed by atoms with E-state index in [9.17, 15) is 23.2 Å². The number of nitrogens with zero attached hydrogens (tertiary/aromatic N) is 4. The minimum Gasteiger partial charge on any atom is -0.473 e. The molecule has 2 aromatic carbocycles. The van der Waals surface area contributed by atoms with Gasteiger partial charge in [-0.3, -0.25) is 4.57 Å². The molecular formula is C24H18ClF3N4O4.